The Morgan fingerprint density at radius 1 is 0.721 bits per heavy atom. The molecule has 0 saturated heterocycles. The minimum absolute atomic E-state index is 0.0866. The van der Waals surface area contributed by atoms with Gasteiger partial charge in [0.2, 0.25) is 0 Å². The van der Waals surface area contributed by atoms with Crippen molar-refractivity contribution in [1.82, 2.24) is 5.32 Å². The molecular formula is C30H22F7N3O3. The molecule has 2 N–H and O–H groups in total. The summed E-state index contributed by atoms with van der Waals surface area (Å²) in [5, 5.41) is 4.64. The van der Waals surface area contributed by atoms with Gasteiger partial charge in [0, 0.05) is 24.3 Å². The summed E-state index contributed by atoms with van der Waals surface area (Å²) in [6.45, 7) is -0.681. The number of carbonyl (C=O) groups excluding carboxylic acids is 2. The van der Waals surface area contributed by atoms with Gasteiger partial charge in [-0.25, -0.2) is 9.18 Å². The van der Waals surface area contributed by atoms with E-state index < -0.39 is 46.8 Å². The van der Waals surface area contributed by atoms with E-state index in [1.165, 1.54) is 30.3 Å². The van der Waals surface area contributed by atoms with Crippen LogP contribution in [-0.4, -0.2) is 25.0 Å². The van der Waals surface area contributed by atoms with Crippen molar-refractivity contribution in [3.05, 3.63) is 120 Å². The van der Waals surface area contributed by atoms with Gasteiger partial charge in [0.05, 0.1) is 16.8 Å². The molecule has 6 nitrogen and oxygen atoms in total. The Bertz CT molecular complexity index is 1540. The first kappa shape index (κ1) is 30.9. The normalized spacial score (nSPS) is 11.5. The van der Waals surface area contributed by atoms with E-state index >= 15 is 0 Å². The standard InChI is InChI=1S/C30H22F7N3O3/c31-25-8-4-5-9-26(25)39-28(42)40(22-10-12-24(13-11-22)43-23-6-2-1-3-7-23)15-14-38-27(41)19-16-20(29(32,33)34)18-21(17-19)30(35,36)37/h1-13,16-18H,14-15H2,(H,38,41)(H,39,42). The Morgan fingerprint density at radius 2 is 1.28 bits per heavy atom. The second-order valence-corrected chi connectivity index (χ2v) is 9.02. The molecule has 43 heavy (non-hydrogen) atoms. The minimum atomic E-state index is -5.13. The summed E-state index contributed by atoms with van der Waals surface area (Å²) in [5.41, 5.74) is -4.03. The number of alkyl halides is 6. The summed E-state index contributed by atoms with van der Waals surface area (Å²) < 4.78 is 99.2. The number of benzene rings is 4. The topological polar surface area (TPSA) is 70.7 Å². The highest BCUT2D eigenvalue weighted by molar-refractivity contribution is 6.02. The summed E-state index contributed by atoms with van der Waals surface area (Å²) >= 11 is 0. The lowest BCUT2D eigenvalue weighted by Crippen LogP contribution is -2.41. The molecule has 0 radical (unpaired) electrons. The van der Waals surface area contributed by atoms with Crippen LogP contribution in [0.2, 0.25) is 0 Å². The molecule has 4 aromatic carbocycles. The van der Waals surface area contributed by atoms with Crippen LogP contribution in [0.1, 0.15) is 21.5 Å². The van der Waals surface area contributed by atoms with Gasteiger partial charge in [-0.05, 0) is 66.7 Å². The van der Waals surface area contributed by atoms with Crippen molar-refractivity contribution in [1.29, 1.82) is 0 Å². The van der Waals surface area contributed by atoms with Crippen LogP contribution < -0.4 is 20.3 Å². The Balaban J connectivity index is 1.53. The molecule has 224 valence electrons. The third kappa shape index (κ3) is 8.24. The van der Waals surface area contributed by atoms with Crippen LogP contribution in [-0.2, 0) is 12.4 Å². The van der Waals surface area contributed by atoms with Crippen LogP contribution in [0.5, 0.6) is 11.5 Å². The average molecular weight is 606 g/mol. The summed E-state index contributed by atoms with van der Waals surface area (Å²) in [5.74, 6) is -0.975. The molecule has 0 saturated carbocycles. The molecule has 0 spiro atoms. The number of carbonyl (C=O) groups is 2. The third-order valence-electron chi connectivity index (χ3n) is 5.96. The number of hydrogen-bond donors (Lipinski definition) is 2. The molecule has 0 unspecified atom stereocenters. The molecule has 0 aliphatic heterocycles. The highest BCUT2D eigenvalue weighted by Gasteiger charge is 2.37. The van der Waals surface area contributed by atoms with Crippen molar-refractivity contribution in [2.45, 2.75) is 12.4 Å². The first-order valence-corrected chi connectivity index (χ1v) is 12.5. The number of para-hydroxylation sites is 2. The second kappa shape index (κ2) is 12.8. The molecule has 0 heterocycles. The number of amides is 3. The fourth-order valence-corrected chi connectivity index (χ4v) is 3.88. The van der Waals surface area contributed by atoms with Crippen LogP contribution in [0.15, 0.2) is 97.1 Å². The molecule has 0 aliphatic rings. The molecule has 0 bridgehead atoms. The number of ether oxygens (including phenoxy) is 1. The average Bonchev–Trinajstić information content (AvgIpc) is 2.96. The highest BCUT2D eigenvalue weighted by atomic mass is 19.4. The fourth-order valence-electron chi connectivity index (χ4n) is 3.88. The maximum Gasteiger partial charge on any atom is 0.416 e. The quantitative estimate of drug-likeness (QED) is 0.199. The molecular weight excluding hydrogens is 583 g/mol. The number of hydrogen-bond acceptors (Lipinski definition) is 3. The van der Waals surface area contributed by atoms with Gasteiger partial charge in [-0.15, -0.1) is 0 Å². The molecule has 3 amide bonds. The van der Waals surface area contributed by atoms with Crippen LogP contribution >= 0.6 is 0 Å². The Morgan fingerprint density at radius 3 is 1.86 bits per heavy atom. The van der Waals surface area contributed by atoms with Gasteiger partial charge in [-0.1, -0.05) is 30.3 Å². The summed E-state index contributed by atoms with van der Waals surface area (Å²) in [4.78, 5) is 26.9. The van der Waals surface area contributed by atoms with E-state index in [1.807, 2.05) is 6.07 Å². The molecule has 4 aromatic rings. The van der Waals surface area contributed by atoms with Crippen LogP contribution in [0.4, 0.5) is 46.9 Å². The third-order valence-corrected chi connectivity index (χ3v) is 5.96. The highest BCUT2D eigenvalue weighted by Crippen LogP contribution is 2.36. The van der Waals surface area contributed by atoms with E-state index in [-0.39, 0.29) is 30.5 Å². The fraction of sp³-hybridized carbons (Fsp3) is 0.133. The van der Waals surface area contributed by atoms with Crippen molar-refractivity contribution < 1.29 is 45.1 Å². The second-order valence-electron chi connectivity index (χ2n) is 9.02. The zero-order chi connectivity index (χ0) is 31.2. The van der Waals surface area contributed by atoms with Gasteiger partial charge in [0.1, 0.15) is 17.3 Å². The maximum absolute atomic E-state index is 14.2. The SMILES string of the molecule is O=C(NCCN(C(=O)Nc1ccccc1F)c1ccc(Oc2ccccc2)cc1)c1cc(C(F)(F)F)cc(C(F)(F)F)c1. The van der Waals surface area contributed by atoms with Gasteiger partial charge < -0.3 is 15.4 Å². The van der Waals surface area contributed by atoms with Crippen LogP contribution in [0, 0.1) is 5.82 Å². The van der Waals surface area contributed by atoms with Gasteiger partial charge in [-0.3, -0.25) is 9.69 Å². The van der Waals surface area contributed by atoms with Crippen molar-refractivity contribution in [2.24, 2.45) is 0 Å². The number of nitrogens with one attached hydrogen (secondary N) is 2. The zero-order valence-electron chi connectivity index (χ0n) is 22.0. The Hall–Kier alpha value is -5.07. The van der Waals surface area contributed by atoms with Gasteiger partial charge in [0.25, 0.3) is 5.91 Å². The number of rotatable bonds is 8. The number of halogens is 7. The lowest BCUT2D eigenvalue weighted by atomic mass is 10.0. The Kier molecular flexibility index (Phi) is 9.22. The number of anilines is 2. The van der Waals surface area contributed by atoms with E-state index in [9.17, 15) is 40.3 Å². The molecule has 0 atom stereocenters. The smallest absolute Gasteiger partial charge is 0.416 e. The van der Waals surface area contributed by atoms with Crippen molar-refractivity contribution in [3.63, 3.8) is 0 Å². The van der Waals surface area contributed by atoms with Gasteiger partial charge in [0.15, 0.2) is 0 Å². The van der Waals surface area contributed by atoms with Gasteiger partial charge in [-0.2, -0.15) is 26.3 Å². The van der Waals surface area contributed by atoms with Crippen LogP contribution in [0.25, 0.3) is 0 Å². The molecule has 0 aromatic heterocycles. The summed E-state index contributed by atoms with van der Waals surface area (Å²) in [6.07, 6.45) is -10.3. The monoisotopic (exact) mass is 605 g/mol. The molecule has 0 aliphatic carbocycles. The molecule has 0 fully saturated rings. The largest absolute Gasteiger partial charge is 0.457 e. The van der Waals surface area contributed by atoms with Gasteiger partial charge >= 0.3 is 18.4 Å². The van der Waals surface area contributed by atoms with E-state index in [0.717, 1.165) is 11.0 Å². The van der Waals surface area contributed by atoms with Crippen molar-refractivity contribution in [2.75, 3.05) is 23.3 Å². The van der Waals surface area contributed by atoms with E-state index in [1.54, 1.807) is 36.4 Å². The van der Waals surface area contributed by atoms with Crippen molar-refractivity contribution in [3.8, 4) is 11.5 Å². The first-order valence-electron chi connectivity index (χ1n) is 12.5. The lowest BCUT2D eigenvalue weighted by molar-refractivity contribution is -0.143. The van der Waals surface area contributed by atoms with E-state index in [4.69, 9.17) is 4.74 Å². The number of urea groups is 1. The Labute approximate surface area is 240 Å². The minimum Gasteiger partial charge on any atom is -0.457 e. The van der Waals surface area contributed by atoms with Crippen LogP contribution in [0.3, 0.4) is 0 Å². The predicted molar refractivity (Wildman–Crippen MR) is 145 cm³/mol. The molecule has 13 heteroatoms. The first-order chi connectivity index (χ1) is 20.3. The lowest BCUT2D eigenvalue weighted by Gasteiger charge is -2.24. The van der Waals surface area contributed by atoms with Crippen molar-refractivity contribution >= 4 is 23.3 Å². The summed E-state index contributed by atoms with van der Waals surface area (Å²) in [6, 6.07) is 20.0. The zero-order valence-corrected chi connectivity index (χ0v) is 22.0. The summed E-state index contributed by atoms with van der Waals surface area (Å²) in [7, 11) is 0. The predicted octanol–water partition coefficient (Wildman–Crippen LogP) is 8.12. The van der Waals surface area contributed by atoms with E-state index in [0.29, 0.717) is 23.6 Å². The molecule has 4 rings (SSSR count). The maximum atomic E-state index is 14.2. The van der Waals surface area contributed by atoms with E-state index in [2.05, 4.69) is 10.6 Å². The number of nitrogens with zero attached hydrogens (tertiary/aromatic N) is 1.